The molecule has 2 heterocycles. The van der Waals surface area contributed by atoms with Gasteiger partial charge in [-0.3, -0.25) is 9.59 Å². The van der Waals surface area contributed by atoms with Gasteiger partial charge in [0.1, 0.15) is 18.0 Å². The minimum atomic E-state index is -0.622. The molecule has 0 saturated carbocycles. The molecular formula is C27H34FN5O3S. The highest BCUT2D eigenvalue weighted by Gasteiger charge is 2.50. The Morgan fingerprint density at radius 1 is 1.14 bits per heavy atom. The first-order valence-electron chi connectivity index (χ1n) is 12.5. The molecule has 1 unspecified atom stereocenters. The predicted octanol–water partition coefficient (Wildman–Crippen LogP) is 3.12. The van der Waals surface area contributed by atoms with Gasteiger partial charge in [-0.2, -0.15) is 11.8 Å². The Balaban J connectivity index is 1.57. The number of hydrogen-bond acceptors (Lipinski definition) is 5. The van der Waals surface area contributed by atoms with E-state index >= 15 is 0 Å². The third-order valence-corrected chi connectivity index (χ3v) is 7.61. The van der Waals surface area contributed by atoms with Crippen LogP contribution in [-0.2, 0) is 16.1 Å². The maximum atomic E-state index is 13.7. The molecule has 8 nitrogen and oxygen atoms in total. The topological polar surface area (TPSA) is 76.2 Å². The lowest BCUT2D eigenvalue weighted by Gasteiger charge is -2.54. The number of benzene rings is 2. The highest BCUT2D eigenvalue weighted by molar-refractivity contribution is 7.98. The average molecular weight is 528 g/mol. The smallest absolute Gasteiger partial charge is 0.334 e. The Morgan fingerprint density at radius 3 is 2.51 bits per heavy atom. The average Bonchev–Trinajstić information content (AvgIpc) is 2.89. The number of nitrogens with zero attached hydrogens (tertiary/aromatic N) is 4. The maximum Gasteiger partial charge on any atom is 0.334 e. The van der Waals surface area contributed by atoms with E-state index in [4.69, 9.17) is 0 Å². The van der Waals surface area contributed by atoms with Crippen LogP contribution in [-0.4, -0.2) is 88.6 Å². The summed E-state index contributed by atoms with van der Waals surface area (Å²) >= 11 is 1.63. The number of amides is 4. The molecular weight excluding hydrogens is 493 g/mol. The van der Waals surface area contributed by atoms with Gasteiger partial charge in [-0.1, -0.05) is 49.4 Å². The van der Waals surface area contributed by atoms with E-state index in [1.165, 1.54) is 12.1 Å². The van der Waals surface area contributed by atoms with E-state index in [-0.39, 0.29) is 49.2 Å². The maximum absolute atomic E-state index is 13.7. The molecule has 198 valence electrons. The molecule has 4 rings (SSSR count). The second-order valence-corrected chi connectivity index (χ2v) is 10.6. The summed E-state index contributed by atoms with van der Waals surface area (Å²) in [5.74, 6) is 0.244. The number of nitrogens with one attached hydrogen (secondary N) is 1. The Labute approximate surface area is 221 Å². The number of rotatable bonds is 8. The molecule has 0 aliphatic carbocycles. The molecule has 3 atom stereocenters. The van der Waals surface area contributed by atoms with Gasteiger partial charge in [-0.15, -0.1) is 0 Å². The summed E-state index contributed by atoms with van der Waals surface area (Å²) in [5.41, 5.74) is 1.89. The molecule has 37 heavy (non-hydrogen) atoms. The van der Waals surface area contributed by atoms with Crippen molar-refractivity contribution in [3.05, 3.63) is 71.5 Å². The quantitative estimate of drug-likeness (QED) is 0.571. The number of thioether (sulfide) groups is 1. The van der Waals surface area contributed by atoms with Crippen molar-refractivity contribution in [2.75, 3.05) is 38.7 Å². The number of likely N-dealkylation sites (N-methyl/N-ethyl adjacent to an activating group) is 1. The molecule has 0 spiro atoms. The van der Waals surface area contributed by atoms with Crippen molar-refractivity contribution in [1.29, 1.82) is 0 Å². The molecule has 0 bridgehead atoms. The molecule has 4 amide bonds. The van der Waals surface area contributed by atoms with Gasteiger partial charge in [0, 0.05) is 20.1 Å². The molecule has 2 aromatic rings. The molecule has 0 radical (unpaired) electrons. The highest BCUT2D eigenvalue weighted by atomic mass is 32.2. The highest BCUT2D eigenvalue weighted by Crippen LogP contribution is 2.29. The van der Waals surface area contributed by atoms with Crippen LogP contribution in [0.1, 0.15) is 30.4 Å². The Morgan fingerprint density at radius 2 is 1.84 bits per heavy atom. The van der Waals surface area contributed by atoms with Crippen LogP contribution in [0.3, 0.4) is 0 Å². The number of hydrogen-bond donors (Lipinski definition) is 1. The lowest BCUT2D eigenvalue weighted by molar-refractivity contribution is -0.187. The van der Waals surface area contributed by atoms with Gasteiger partial charge in [0.15, 0.2) is 0 Å². The lowest BCUT2D eigenvalue weighted by Crippen LogP contribution is -2.76. The lowest BCUT2D eigenvalue weighted by atomic mass is 9.98. The number of hydrazine groups is 1. The summed E-state index contributed by atoms with van der Waals surface area (Å²) in [5, 5.41) is 6.05. The van der Waals surface area contributed by atoms with Gasteiger partial charge in [0.05, 0.1) is 13.1 Å². The van der Waals surface area contributed by atoms with Crippen molar-refractivity contribution in [2.45, 2.75) is 38.0 Å². The van der Waals surface area contributed by atoms with Crippen LogP contribution >= 0.6 is 11.8 Å². The standard InChI is InChI=1S/C27H34FN5O3S/c1-19(21-7-5-4-6-8-21)16-31-17-24-32(23(26(31)35)13-14-37-3)25(34)18-30(2)33(24)27(36)29-15-20-9-11-22(28)12-10-20/h4-12,19,23-24H,13-18H2,1-3H3,(H,29,36)/t19?,23-,24-/m0/s1. The largest absolute Gasteiger partial charge is 0.336 e. The number of piperazine rings is 1. The van der Waals surface area contributed by atoms with Crippen LogP contribution < -0.4 is 5.32 Å². The van der Waals surface area contributed by atoms with E-state index < -0.39 is 12.2 Å². The predicted molar refractivity (Wildman–Crippen MR) is 142 cm³/mol. The summed E-state index contributed by atoms with van der Waals surface area (Å²) in [6.45, 7) is 3.02. The zero-order valence-electron chi connectivity index (χ0n) is 21.5. The van der Waals surface area contributed by atoms with Crippen molar-refractivity contribution >= 4 is 29.6 Å². The minimum absolute atomic E-state index is 0.00390. The molecule has 2 fully saturated rings. The molecule has 2 aliphatic heterocycles. The van der Waals surface area contributed by atoms with Crippen LogP contribution in [0.25, 0.3) is 0 Å². The van der Waals surface area contributed by atoms with Gasteiger partial charge in [0.25, 0.3) is 0 Å². The van der Waals surface area contributed by atoms with Crippen molar-refractivity contribution in [2.24, 2.45) is 0 Å². The van der Waals surface area contributed by atoms with Crippen LogP contribution in [0, 0.1) is 5.82 Å². The summed E-state index contributed by atoms with van der Waals surface area (Å²) in [6.07, 6.45) is 1.88. The summed E-state index contributed by atoms with van der Waals surface area (Å²) < 4.78 is 13.3. The number of halogens is 1. The fraction of sp³-hybridized carbons (Fsp3) is 0.444. The number of carbonyl (C=O) groups is 3. The van der Waals surface area contributed by atoms with Crippen LogP contribution in [0.4, 0.5) is 9.18 Å². The van der Waals surface area contributed by atoms with Gasteiger partial charge < -0.3 is 15.1 Å². The summed E-state index contributed by atoms with van der Waals surface area (Å²) in [6, 6.07) is 15.0. The van der Waals surface area contributed by atoms with Gasteiger partial charge >= 0.3 is 6.03 Å². The molecule has 2 saturated heterocycles. The second kappa shape index (κ2) is 12.0. The normalized spacial score (nSPS) is 21.1. The van der Waals surface area contributed by atoms with Crippen LogP contribution in [0.15, 0.2) is 54.6 Å². The van der Waals surface area contributed by atoms with Crippen molar-refractivity contribution in [3.8, 4) is 0 Å². The van der Waals surface area contributed by atoms with E-state index in [0.29, 0.717) is 13.0 Å². The van der Waals surface area contributed by atoms with E-state index in [9.17, 15) is 18.8 Å². The summed E-state index contributed by atoms with van der Waals surface area (Å²) in [4.78, 5) is 43.7. The second-order valence-electron chi connectivity index (χ2n) is 9.58. The third-order valence-electron chi connectivity index (χ3n) is 6.96. The Kier molecular flexibility index (Phi) is 8.71. The first-order valence-corrected chi connectivity index (χ1v) is 13.9. The van der Waals surface area contributed by atoms with E-state index in [1.54, 1.807) is 50.8 Å². The van der Waals surface area contributed by atoms with Crippen molar-refractivity contribution in [3.63, 3.8) is 0 Å². The van der Waals surface area contributed by atoms with Crippen molar-refractivity contribution in [1.82, 2.24) is 25.1 Å². The first-order chi connectivity index (χ1) is 17.8. The van der Waals surface area contributed by atoms with Crippen molar-refractivity contribution < 1.29 is 18.8 Å². The van der Waals surface area contributed by atoms with E-state index in [0.717, 1.165) is 16.9 Å². The Hall–Kier alpha value is -3.11. The number of carbonyl (C=O) groups excluding carboxylic acids is 3. The number of urea groups is 1. The molecule has 2 aromatic carbocycles. The molecule has 0 aromatic heterocycles. The van der Waals surface area contributed by atoms with E-state index in [1.807, 2.05) is 36.6 Å². The minimum Gasteiger partial charge on any atom is -0.336 e. The molecule has 10 heteroatoms. The monoisotopic (exact) mass is 527 g/mol. The molecule has 2 aliphatic rings. The van der Waals surface area contributed by atoms with Crippen LogP contribution in [0.2, 0.25) is 0 Å². The van der Waals surface area contributed by atoms with Gasteiger partial charge in [-0.05, 0) is 47.6 Å². The van der Waals surface area contributed by atoms with Gasteiger partial charge in [-0.25, -0.2) is 19.2 Å². The Bertz CT molecular complexity index is 1100. The fourth-order valence-electron chi connectivity index (χ4n) is 5.05. The SMILES string of the molecule is CSCC[C@H]1C(=O)N(CC(C)c2ccccc2)C[C@H]2N1C(=O)CN(C)N2C(=O)NCc1ccc(F)cc1. The van der Waals surface area contributed by atoms with Crippen LogP contribution in [0.5, 0.6) is 0 Å². The van der Waals surface area contributed by atoms with Gasteiger partial charge in [0.2, 0.25) is 11.8 Å². The first kappa shape index (κ1) is 26.9. The third kappa shape index (κ3) is 6.07. The van der Waals surface area contributed by atoms with E-state index in [2.05, 4.69) is 12.2 Å². The zero-order valence-corrected chi connectivity index (χ0v) is 22.3. The zero-order chi connectivity index (χ0) is 26.5. The number of fused-ring (bicyclic) bond motifs is 1. The molecule has 1 N–H and O–H groups in total. The fourth-order valence-corrected chi connectivity index (χ4v) is 5.51. The summed E-state index contributed by atoms with van der Waals surface area (Å²) in [7, 11) is 1.71.